The number of carbonyl (C=O) groups is 1. The van der Waals surface area contributed by atoms with Crippen LogP contribution in [-0.4, -0.2) is 52.2 Å². The van der Waals surface area contributed by atoms with E-state index in [0.717, 1.165) is 17.8 Å². The van der Waals surface area contributed by atoms with Gasteiger partial charge in [0.05, 0.1) is 18.8 Å². The summed E-state index contributed by atoms with van der Waals surface area (Å²) in [7, 11) is 0. The first kappa shape index (κ1) is 17.1. The summed E-state index contributed by atoms with van der Waals surface area (Å²) in [4.78, 5) is 14.2. The van der Waals surface area contributed by atoms with Crippen LogP contribution in [0.1, 0.15) is 21.7 Å². The number of hydrogen-bond donors (Lipinski definition) is 2. The van der Waals surface area contributed by atoms with Crippen LogP contribution in [0.4, 0.5) is 0 Å². The summed E-state index contributed by atoms with van der Waals surface area (Å²) < 4.78 is 12.6. The summed E-state index contributed by atoms with van der Waals surface area (Å²) in [6.07, 6.45) is 0. The summed E-state index contributed by atoms with van der Waals surface area (Å²) >= 11 is 6.37. The first-order valence-electron chi connectivity index (χ1n) is 8.40. The van der Waals surface area contributed by atoms with Crippen molar-refractivity contribution in [2.45, 2.75) is 19.6 Å². The Labute approximate surface area is 155 Å². The lowest BCUT2D eigenvalue weighted by Crippen LogP contribution is -2.33. The van der Waals surface area contributed by atoms with Gasteiger partial charge in [0.1, 0.15) is 5.69 Å². The third kappa shape index (κ3) is 3.35. The molecule has 2 N–H and O–H groups in total. The predicted octanol–water partition coefficient (Wildman–Crippen LogP) is 1.00. The van der Waals surface area contributed by atoms with Gasteiger partial charge in [-0.25, -0.2) is 0 Å². The second kappa shape index (κ2) is 7.14. The van der Waals surface area contributed by atoms with Crippen molar-refractivity contribution in [3.05, 3.63) is 40.2 Å². The molecule has 26 heavy (non-hydrogen) atoms. The second-order valence-electron chi connectivity index (χ2n) is 6.23. The molecular formula is C17H19ClN4O4. The van der Waals surface area contributed by atoms with Gasteiger partial charge in [0.15, 0.2) is 11.5 Å². The van der Waals surface area contributed by atoms with E-state index in [-0.39, 0.29) is 25.9 Å². The quantitative estimate of drug-likeness (QED) is 0.807. The SMILES string of the molecule is O=C(NCCO)c1cc2n(n1)CCN(Cc1cc3c(cc1Cl)OCO3)C2. The average molecular weight is 379 g/mol. The lowest BCUT2D eigenvalue weighted by molar-refractivity contribution is 0.0938. The first-order chi connectivity index (χ1) is 12.6. The molecule has 0 saturated carbocycles. The molecule has 2 aromatic rings. The van der Waals surface area contributed by atoms with E-state index in [2.05, 4.69) is 15.3 Å². The molecule has 0 aliphatic carbocycles. The summed E-state index contributed by atoms with van der Waals surface area (Å²) in [6.45, 7) is 3.19. The Hall–Kier alpha value is -2.29. The normalized spacial score (nSPS) is 15.8. The molecular weight excluding hydrogens is 360 g/mol. The van der Waals surface area contributed by atoms with Gasteiger partial charge in [-0.05, 0) is 17.7 Å². The molecule has 1 aromatic carbocycles. The van der Waals surface area contributed by atoms with Crippen LogP contribution in [0.25, 0.3) is 0 Å². The van der Waals surface area contributed by atoms with Gasteiger partial charge >= 0.3 is 0 Å². The maximum absolute atomic E-state index is 12.0. The van der Waals surface area contributed by atoms with Crippen molar-refractivity contribution in [2.75, 3.05) is 26.5 Å². The van der Waals surface area contributed by atoms with E-state index >= 15 is 0 Å². The van der Waals surface area contributed by atoms with Crippen LogP contribution >= 0.6 is 11.6 Å². The van der Waals surface area contributed by atoms with E-state index in [9.17, 15) is 4.79 Å². The zero-order valence-corrected chi connectivity index (χ0v) is 14.8. The smallest absolute Gasteiger partial charge is 0.271 e. The number of aliphatic hydroxyl groups excluding tert-OH is 1. The van der Waals surface area contributed by atoms with Crippen molar-refractivity contribution < 1.29 is 19.4 Å². The number of halogens is 1. The molecule has 4 rings (SSSR count). The molecule has 9 heteroatoms. The molecule has 0 spiro atoms. The molecule has 0 unspecified atom stereocenters. The Morgan fingerprint density at radius 3 is 2.88 bits per heavy atom. The lowest BCUT2D eigenvalue weighted by atomic mass is 10.1. The number of carbonyl (C=O) groups excluding carboxylic acids is 1. The number of rotatable bonds is 5. The highest BCUT2D eigenvalue weighted by atomic mass is 35.5. The van der Waals surface area contributed by atoms with Gasteiger partial charge in [0.2, 0.25) is 6.79 Å². The summed E-state index contributed by atoms with van der Waals surface area (Å²) in [5, 5.41) is 16.4. The number of fused-ring (bicyclic) bond motifs is 2. The van der Waals surface area contributed by atoms with Crippen molar-refractivity contribution in [1.82, 2.24) is 20.0 Å². The monoisotopic (exact) mass is 378 g/mol. The summed E-state index contributed by atoms with van der Waals surface area (Å²) in [5.74, 6) is 1.12. The fourth-order valence-corrected chi connectivity index (χ4v) is 3.36. The maximum Gasteiger partial charge on any atom is 0.271 e. The van der Waals surface area contributed by atoms with Gasteiger partial charge in [-0.2, -0.15) is 5.10 Å². The van der Waals surface area contributed by atoms with E-state index in [1.54, 1.807) is 12.1 Å². The lowest BCUT2D eigenvalue weighted by Gasteiger charge is -2.27. The van der Waals surface area contributed by atoms with E-state index in [0.29, 0.717) is 41.8 Å². The van der Waals surface area contributed by atoms with Crippen molar-refractivity contribution >= 4 is 17.5 Å². The van der Waals surface area contributed by atoms with E-state index in [4.69, 9.17) is 26.2 Å². The fourth-order valence-electron chi connectivity index (χ4n) is 3.15. The van der Waals surface area contributed by atoms with Gasteiger partial charge < -0.3 is 19.9 Å². The van der Waals surface area contributed by atoms with Crippen LogP contribution in [0.3, 0.4) is 0 Å². The molecule has 0 atom stereocenters. The number of nitrogens with one attached hydrogen (secondary N) is 1. The Kier molecular flexibility index (Phi) is 4.71. The van der Waals surface area contributed by atoms with Crippen molar-refractivity contribution in [3.63, 3.8) is 0 Å². The topological polar surface area (TPSA) is 88.9 Å². The zero-order chi connectivity index (χ0) is 18.1. The summed E-state index contributed by atoms with van der Waals surface area (Å²) in [6, 6.07) is 5.50. The number of ether oxygens (including phenoxy) is 2. The van der Waals surface area contributed by atoms with Crippen LogP contribution < -0.4 is 14.8 Å². The van der Waals surface area contributed by atoms with Crippen molar-refractivity contribution in [1.29, 1.82) is 0 Å². The minimum absolute atomic E-state index is 0.0939. The Morgan fingerprint density at radius 1 is 1.27 bits per heavy atom. The number of hydrogen-bond acceptors (Lipinski definition) is 6. The predicted molar refractivity (Wildman–Crippen MR) is 93.3 cm³/mol. The van der Waals surface area contributed by atoms with E-state index < -0.39 is 0 Å². The molecule has 138 valence electrons. The molecule has 0 fully saturated rings. The van der Waals surface area contributed by atoms with Crippen LogP contribution in [0.15, 0.2) is 18.2 Å². The first-order valence-corrected chi connectivity index (χ1v) is 8.78. The van der Waals surface area contributed by atoms with Crippen molar-refractivity contribution in [3.8, 4) is 11.5 Å². The Bertz CT molecular complexity index is 838. The maximum atomic E-state index is 12.0. The summed E-state index contributed by atoms with van der Waals surface area (Å²) in [5.41, 5.74) is 2.32. The van der Waals surface area contributed by atoms with Crippen LogP contribution in [0.2, 0.25) is 5.02 Å². The fraction of sp³-hybridized carbons (Fsp3) is 0.412. The second-order valence-corrected chi connectivity index (χ2v) is 6.64. The molecule has 0 radical (unpaired) electrons. The highest BCUT2D eigenvalue weighted by Gasteiger charge is 2.23. The number of benzene rings is 1. The number of aliphatic hydroxyl groups is 1. The van der Waals surface area contributed by atoms with Crippen molar-refractivity contribution in [2.24, 2.45) is 0 Å². The molecule has 1 amide bonds. The van der Waals surface area contributed by atoms with Gasteiger partial charge in [-0.15, -0.1) is 0 Å². The molecule has 0 saturated heterocycles. The largest absolute Gasteiger partial charge is 0.454 e. The number of amides is 1. The Morgan fingerprint density at radius 2 is 2.08 bits per heavy atom. The van der Waals surface area contributed by atoms with Gasteiger partial charge in [-0.1, -0.05) is 11.6 Å². The number of nitrogens with zero attached hydrogens (tertiary/aromatic N) is 3. The zero-order valence-electron chi connectivity index (χ0n) is 14.1. The third-order valence-corrected chi connectivity index (χ3v) is 4.79. The van der Waals surface area contributed by atoms with E-state index in [1.807, 2.05) is 10.7 Å². The highest BCUT2D eigenvalue weighted by Crippen LogP contribution is 2.37. The molecule has 2 aliphatic rings. The van der Waals surface area contributed by atoms with Crippen LogP contribution in [0.5, 0.6) is 11.5 Å². The third-order valence-electron chi connectivity index (χ3n) is 4.44. The molecule has 3 heterocycles. The standard InChI is InChI=1S/C17H19ClN4O4/c18-13-7-16-15(25-10-26-16)5-11(13)8-21-2-3-22-12(9-21)6-14(20-22)17(24)19-1-4-23/h5-7,23H,1-4,8-10H2,(H,19,24). The van der Waals surface area contributed by atoms with Gasteiger partial charge in [0, 0.05) is 37.3 Å². The molecule has 2 aliphatic heterocycles. The molecule has 8 nitrogen and oxygen atoms in total. The molecule has 0 bridgehead atoms. The molecule has 1 aromatic heterocycles. The van der Waals surface area contributed by atoms with Gasteiger partial charge in [0.25, 0.3) is 5.91 Å². The minimum atomic E-state index is -0.272. The minimum Gasteiger partial charge on any atom is -0.454 e. The van der Waals surface area contributed by atoms with E-state index in [1.165, 1.54) is 0 Å². The highest BCUT2D eigenvalue weighted by molar-refractivity contribution is 6.31. The van der Waals surface area contributed by atoms with Crippen LogP contribution in [-0.2, 0) is 19.6 Å². The van der Waals surface area contributed by atoms with Crippen LogP contribution in [0, 0.1) is 0 Å². The number of aromatic nitrogens is 2. The Balaban J connectivity index is 1.46. The van der Waals surface area contributed by atoms with Gasteiger partial charge in [-0.3, -0.25) is 14.4 Å². The average Bonchev–Trinajstić information content (AvgIpc) is 3.25.